The smallest absolute Gasteiger partial charge is 0.303 e. The number of carboxylic acids is 1. The maximum absolute atomic E-state index is 12.7. The van der Waals surface area contributed by atoms with E-state index < -0.39 is 5.97 Å². The van der Waals surface area contributed by atoms with Crippen molar-refractivity contribution in [3.63, 3.8) is 0 Å². The second-order valence-electron chi connectivity index (χ2n) is 6.61. The zero-order chi connectivity index (χ0) is 15.0. The molecule has 3 atom stereocenters. The molecule has 3 rings (SSSR count). The maximum atomic E-state index is 12.7. The summed E-state index contributed by atoms with van der Waals surface area (Å²) in [5.74, 6) is -0.440. The summed E-state index contributed by atoms with van der Waals surface area (Å²) in [7, 11) is 0. The van der Waals surface area contributed by atoms with Crippen LogP contribution in [0.25, 0.3) is 0 Å². The largest absolute Gasteiger partial charge is 0.481 e. The average molecular weight is 294 g/mol. The van der Waals surface area contributed by atoms with Gasteiger partial charge in [-0.2, -0.15) is 0 Å². The molecule has 0 saturated carbocycles. The minimum atomic E-state index is -0.742. The number of carboxylic acid groups (broad SMARTS) is 1. The molecule has 0 radical (unpaired) electrons. The van der Waals surface area contributed by atoms with Crippen molar-refractivity contribution in [1.82, 2.24) is 10.2 Å². The number of carbonyl (C=O) groups excluding carboxylic acids is 2. The van der Waals surface area contributed by atoms with Gasteiger partial charge in [-0.25, -0.2) is 0 Å². The molecule has 3 aliphatic rings. The Morgan fingerprint density at radius 2 is 1.86 bits per heavy atom. The number of hydrogen-bond acceptors (Lipinski definition) is 3. The SMILES string of the molecule is O=C(O)CC1CC2CCC(C1)N2C(=O)C1CCC(=O)NC1. The van der Waals surface area contributed by atoms with Gasteiger partial charge in [-0.05, 0) is 38.0 Å². The minimum Gasteiger partial charge on any atom is -0.481 e. The average Bonchev–Trinajstić information content (AvgIpc) is 2.70. The Morgan fingerprint density at radius 1 is 1.19 bits per heavy atom. The van der Waals surface area contributed by atoms with Crippen LogP contribution in [0.3, 0.4) is 0 Å². The highest BCUT2D eigenvalue weighted by atomic mass is 16.4. The number of amides is 2. The van der Waals surface area contributed by atoms with Gasteiger partial charge in [0.1, 0.15) is 0 Å². The van der Waals surface area contributed by atoms with Crippen LogP contribution in [0, 0.1) is 11.8 Å². The number of rotatable bonds is 3. The Kier molecular flexibility index (Phi) is 3.87. The van der Waals surface area contributed by atoms with E-state index in [0.717, 1.165) is 25.7 Å². The fraction of sp³-hybridized carbons (Fsp3) is 0.800. The maximum Gasteiger partial charge on any atom is 0.303 e. The van der Waals surface area contributed by atoms with Crippen molar-refractivity contribution in [3.05, 3.63) is 0 Å². The molecular weight excluding hydrogens is 272 g/mol. The molecule has 3 aliphatic heterocycles. The van der Waals surface area contributed by atoms with Crippen molar-refractivity contribution in [2.24, 2.45) is 11.8 Å². The third-order valence-electron chi connectivity index (χ3n) is 5.16. The molecule has 3 saturated heterocycles. The van der Waals surface area contributed by atoms with E-state index in [1.165, 1.54) is 0 Å². The lowest BCUT2D eigenvalue weighted by Gasteiger charge is -2.41. The normalized spacial score (nSPS) is 35.4. The first-order valence-electron chi connectivity index (χ1n) is 7.85. The summed E-state index contributed by atoms with van der Waals surface area (Å²) in [5, 5.41) is 11.7. The Hall–Kier alpha value is -1.59. The van der Waals surface area contributed by atoms with E-state index in [1.54, 1.807) is 0 Å². The van der Waals surface area contributed by atoms with Crippen molar-refractivity contribution in [3.8, 4) is 0 Å². The van der Waals surface area contributed by atoms with Gasteiger partial charge in [-0.15, -0.1) is 0 Å². The highest BCUT2D eigenvalue weighted by Crippen LogP contribution is 2.41. The van der Waals surface area contributed by atoms with Gasteiger partial charge in [-0.1, -0.05) is 0 Å². The van der Waals surface area contributed by atoms with Crippen molar-refractivity contribution in [2.45, 2.75) is 57.0 Å². The highest BCUT2D eigenvalue weighted by Gasteiger charge is 2.45. The van der Waals surface area contributed by atoms with Gasteiger partial charge in [-0.3, -0.25) is 14.4 Å². The first-order chi connectivity index (χ1) is 10.0. The number of piperidine rings is 2. The number of fused-ring (bicyclic) bond motifs is 2. The van der Waals surface area contributed by atoms with Crippen molar-refractivity contribution >= 4 is 17.8 Å². The predicted octanol–water partition coefficient (Wildman–Crippen LogP) is 0.757. The molecule has 0 aliphatic carbocycles. The van der Waals surface area contributed by atoms with Gasteiger partial charge in [0.2, 0.25) is 11.8 Å². The summed E-state index contributed by atoms with van der Waals surface area (Å²) in [4.78, 5) is 36.8. The topological polar surface area (TPSA) is 86.7 Å². The molecule has 116 valence electrons. The van der Waals surface area contributed by atoms with E-state index in [4.69, 9.17) is 5.11 Å². The van der Waals surface area contributed by atoms with E-state index in [1.807, 2.05) is 4.90 Å². The Morgan fingerprint density at radius 3 is 2.38 bits per heavy atom. The highest BCUT2D eigenvalue weighted by molar-refractivity contribution is 5.84. The molecule has 3 heterocycles. The summed E-state index contributed by atoms with van der Waals surface area (Å²) in [5.41, 5.74) is 0. The number of carbonyl (C=O) groups is 3. The molecule has 0 aromatic heterocycles. The molecular formula is C15H22N2O4. The van der Waals surface area contributed by atoms with Crippen molar-refractivity contribution in [1.29, 1.82) is 0 Å². The molecule has 3 unspecified atom stereocenters. The molecule has 3 fully saturated rings. The number of aliphatic carboxylic acids is 1. The molecule has 0 spiro atoms. The van der Waals surface area contributed by atoms with E-state index >= 15 is 0 Å². The first-order valence-corrected chi connectivity index (χ1v) is 7.85. The van der Waals surface area contributed by atoms with Crippen LogP contribution in [0.5, 0.6) is 0 Å². The standard InChI is InChI=1S/C15H22N2O4/c18-13-4-1-10(8-16-13)15(21)17-11-2-3-12(17)6-9(5-11)7-14(19)20/h9-12H,1-8H2,(H,16,18)(H,19,20). The van der Waals surface area contributed by atoms with Gasteiger partial charge in [0, 0.05) is 31.5 Å². The fourth-order valence-corrected chi connectivity index (χ4v) is 4.22. The van der Waals surface area contributed by atoms with Crippen LogP contribution in [-0.2, 0) is 14.4 Å². The van der Waals surface area contributed by atoms with Crippen LogP contribution in [0.1, 0.15) is 44.9 Å². The summed E-state index contributed by atoms with van der Waals surface area (Å²) >= 11 is 0. The molecule has 0 aromatic carbocycles. The molecule has 6 nitrogen and oxygen atoms in total. The lowest BCUT2D eigenvalue weighted by atomic mass is 9.86. The zero-order valence-corrected chi connectivity index (χ0v) is 12.1. The van der Waals surface area contributed by atoms with Crippen LogP contribution in [0.15, 0.2) is 0 Å². The summed E-state index contributed by atoms with van der Waals surface area (Å²) < 4.78 is 0. The lowest BCUT2D eigenvalue weighted by Crippen LogP contribution is -2.52. The third-order valence-corrected chi connectivity index (χ3v) is 5.16. The zero-order valence-electron chi connectivity index (χ0n) is 12.1. The predicted molar refractivity (Wildman–Crippen MR) is 74.4 cm³/mol. The number of hydrogen-bond donors (Lipinski definition) is 2. The van der Waals surface area contributed by atoms with E-state index in [0.29, 0.717) is 19.4 Å². The first kappa shape index (κ1) is 14.4. The third kappa shape index (κ3) is 2.89. The second kappa shape index (κ2) is 5.66. The Bertz CT molecular complexity index is 441. The van der Waals surface area contributed by atoms with E-state index in [2.05, 4.69) is 5.32 Å². The monoisotopic (exact) mass is 294 g/mol. The van der Waals surface area contributed by atoms with Crippen LogP contribution in [0.4, 0.5) is 0 Å². The minimum absolute atomic E-state index is 0.0298. The van der Waals surface area contributed by atoms with Crippen LogP contribution in [0.2, 0.25) is 0 Å². The van der Waals surface area contributed by atoms with Crippen molar-refractivity contribution < 1.29 is 19.5 Å². The van der Waals surface area contributed by atoms with Gasteiger partial charge in [0.25, 0.3) is 0 Å². The Balaban J connectivity index is 1.63. The van der Waals surface area contributed by atoms with Crippen LogP contribution in [-0.4, -0.2) is 46.4 Å². The molecule has 21 heavy (non-hydrogen) atoms. The quantitative estimate of drug-likeness (QED) is 0.804. The van der Waals surface area contributed by atoms with E-state index in [-0.39, 0.29) is 42.2 Å². The summed E-state index contributed by atoms with van der Waals surface area (Å²) in [6.45, 7) is 0.451. The van der Waals surface area contributed by atoms with Gasteiger partial charge < -0.3 is 15.3 Å². The van der Waals surface area contributed by atoms with Crippen LogP contribution < -0.4 is 5.32 Å². The lowest BCUT2D eigenvalue weighted by molar-refractivity contribution is -0.143. The fourth-order valence-electron chi connectivity index (χ4n) is 4.22. The number of nitrogens with zero attached hydrogens (tertiary/aromatic N) is 1. The number of nitrogens with one attached hydrogen (secondary N) is 1. The summed E-state index contributed by atoms with van der Waals surface area (Å²) in [6, 6.07) is 0.413. The van der Waals surface area contributed by atoms with E-state index in [9.17, 15) is 14.4 Å². The van der Waals surface area contributed by atoms with Crippen LogP contribution >= 0.6 is 0 Å². The second-order valence-corrected chi connectivity index (χ2v) is 6.61. The summed E-state index contributed by atoms with van der Waals surface area (Å²) in [6.07, 6.45) is 4.90. The molecule has 0 aromatic rings. The molecule has 2 N–H and O–H groups in total. The van der Waals surface area contributed by atoms with Gasteiger partial charge >= 0.3 is 5.97 Å². The van der Waals surface area contributed by atoms with Crippen molar-refractivity contribution in [2.75, 3.05) is 6.54 Å². The molecule has 6 heteroatoms. The van der Waals surface area contributed by atoms with Gasteiger partial charge in [0.05, 0.1) is 5.92 Å². The Labute approximate surface area is 123 Å². The molecule has 2 amide bonds. The van der Waals surface area contributed by atoms with Gasteiger partial charge in [0.15, 0.2) is 0 Å². The molecule has 2 bridgehead atoms.